The number of halogens is 2. The fourth-order valence-corrected chi connectivity index (χ4v) is 3.60. The Bertz CT molecular complexity index is 313. The van der Waals surface area contributed by atoms with Gasteiger partial charge in [0.1, 0.15) is 0 Å². The van der Waals surface area contributed by atoms with Crippen LogP contribution >= 0.6 is 31.9 Å². The summed E-state index contributed by atoms with van der Waals surface area (Å²) in [5.74, 6) is -1.40. The van der Waals surface area contributed by atoms with Gasteiger partial charge in [0.25, 0.3) is 0 Å². The van der Waals surface area contributed by atoms with Crippen LogP contribution in [0.1, 0.15) is 6.42 Å². The van der Waals surface area contributed by atoms with E-state index in [0.29, 0.717) is 0 Å². The second-order valence-electron chi connectivity index (χ2n) is 3.11. The van der Waals surface area contributed by atoms with Gasteiger partial charge in [-0.2, -0.15) is 0 Å². The normalized spacial score (nSPS) is 43.2. The summed E-state index contributed by atoms with van der Waals surface area (Å²) in [7, 11) is 0. The zero-order valence-electron chi connectivity index (χ0n) is 6.50. The number of alkyl halides is 2. The molecule has 2 aliphatic rings. The standard InChI is InChI=1S/C8H6Br2O3/c9-4-2-1-3-8(10)5(4)6(11)13-7(8)12/h1,3-5H,2H2. The summed E-state index contributed by atoms with van der Waals surface area (Å²) in [5.41, 5.74) is 0. The van der Waals surface area contributed by atoms with Gasteiger partial charge in [0, 0.05) is 4.83 Å². The van der Waals surface area contributed by atoms with Crippen LogP contribution in [0.3, 0.4) is 0 Å². The molecule has 0 N–H and O–H groups in total. The number of fused-ring (bicyclic) bond motifs is 1. The second kappa shape index (κ2) is 2.92. The van der Waals surface area contributed by atoms with E-state index >= 15 is 0 Å². The molecule has 3 nitrogen and oxygen atoms in total. The van der Waals surface area contributed by atoms with Crippen molar-refractivity contribution in [3.63, 3.8) is 0 Å². The Morgan fingerprint density at radius 1 is 1.54 bits per heavy atom. The van der Waals surface area contributed by atoms with Gasteiger partial charge < -0.3 is 4.74 Å². The minimum atomic E-state index is -0.934. The van der Waals surface area contributed by atoms with Crippen molar-refractivity contribution in [2.45, 2.75) is 15.6 Å². The lowest BCUT2D eigenvalue weighted by Crippen LogP contribution is -2.40. The molecule has 0 aromatic rings. The highest BCUT2D eigenvalue weighted by molar-refractivity contribution is 9.10. The molecule has 5 heteroatoms. The highest BCUT2D eigenvalue weighted by Crippen LogP contribution is 2.45. The molecule has 0 spiro atoms. The maximum atomic E-state index is 11.3. The largest absolute Gasteiger partial charge is 0.392 e. The van der Waals surface area contributed by atoms with Crippen molar-refractivity contribution in [2.75, 3.05) is 0 Å². The van der Waals surface area contributed by atoms with E-state index in [0.717, 1.165) is 6.42 Å². The van der Waals surface area contributed by atoms with Crippen molar-refractivity contribution in [3.05, 3.63) is 12.2 Å². The van der Waals surface area contributed by atoms with E-state index in [1.54, 1.807) is 6.08 Å². The predicted octanol–water partition coefficient (Wildman–Crippen LogP) is 1.54. The number of cyclic esters (lactones) is 2. The third kappa shape index (κ3) is 1.21. The fourth-order valence-electron chi connectivity index (χ4n) is 1.62. The number of carbonyl (C=O) groups excluding carboxylic acids is 2. The SMILES string of the molecule is O=C1OC(=O)C2(Br)C=CCC(Br)C12. The molecule has 3 unspecified atom stereocenters. The van der Waals surface area contributed by atoms with Crippen LogP contribution in [0.15, 0.2) is 12.2 Å². The molecule has 1 fully saturated rings. The summed E-state index contributed by atoms with van der Waals surface area (Å²) in [5, 5.41) is 0. The molecule has 1 aliphatic heterocycles. The number of hydrogen-bond donors (Lipinski definition) is 0. The molecule has 0 bridgehead atoms. The van der Waals surface area contributed by atoms with Crippen LogP contribution in [0.4, 0.5) is 0 Å². The second-order valence-corrected chi connectivity index (χ2v) is 5.60. The molecule has 1 saturated heterocycles. The van der Waals surface area contributed by atoms with E-state index in [-0.39, 0.29) is 4.83 Å². The zero-order valence-corrected chi connectivity index (χ0v) is 9.67. The Labute approximate surface area is 91.8 Å². The minimum absolute atomic E-state index is 0.0316. The van der Waals surface area contributed by atoms with Gasteiger partial charge in [-0.3, -0.25) is 4.79 Å². The zero-order chi connectivity index (χ0) is 9.64. The van der Waals surface area contributed by atoms with Gasteiger partial charge in [-0.15, -0.1) is 0 Å². The molecule has 0 amide bonds. The van der Waals surface area contributed by atoms with Crippen LogP contribution in [0.5, 0.6) is 0 Å². The van der Waals surface area contributed by atoms with Crippen molar-refractivity contribution in [3.8, 4) is 0 Å². The van der Waals surface area contributed by atoms with Crippen LogP contribution in [-0.2, 0) is 14.3 Å². The number of carbonyl (C=O) groups is 2. The van der Waals surface area contributed by atoms with Crippen molar-refractivity contribution >= 4 is 43.8 Å². The summed E-state index contributed by atoms with van der Waals surface area (Å²) >= 11 is 6.62. The van der Waals surface area contributed by atoms with Crippen LogP contribution in [0, 0.1) is 5.92 Å². The molecule has 0 saturated carbocycles. The molecular formula is C8H6Br2O3. The Morgan fingerprint density at radius 2 is 2.23 bits per heavy atom. The first-order chi connectivity index (χ1) is 6.05. The van der Waals surface area contributed by atoms with Crippen molar-refractivity contribution in [1.29, 1.82) is 0 Å². The number of allylic oxidation sites excluding steroid dienone is 1. The maximum absolute atomic E-state index is 11.3. The Hall–Kier alpha value is -0.160. The molecule has 2 rings (SSSR count). The molecule has 13 heavy (non-hydrogen) atoms. The van der Waals surface area contributed by atoms with Crippen LogP contribution in [0.25, 0.3) is 0 Å². The van der Waals surface area contributed by atoms with Gasteiger partial charge in [-0.25, -0.2) is 4.79 Å². The van der Waals surface area contributed by atoms with E-state index in [1.165, 1.54) is 0 Å². The average Bonchev–Trinajstić information content (AvgIpc) is 2.24. The molecule has 0 aromatic carbocycles. The molecule has 70 valence electrons. The number of rotatable bonds is 0. The predicted molar refractivity (Wildman–Crippen MR) is 52.7 cm³/mol. The van der Waals surface area contributed by atoms with Crippen LogP contribution < -0.4 is 0 Å². The molecule has 0 aromatic heterocycles. The van der Waals surface area contributed by atoms with E-state index in [4.69, 9.17) is 0 Å². The number of ether oxygens (including phenoxy) is 1. The van der Waals surface area contributed by atoms with Gasteiger partial charge in [-0.05, 0) is 6.42 Å². The van der Waals surface area contributed by atoms with Crippen molar-refractivity contribution in [1.82, 2.24) is 0 Å². The summed E-state index contributed by atoms with van der Waals surface area (Å²) in [6.07, 6.45) is 4.30. The highest BCUT2D eigenvalue weighted by Gasteiger charge is 2.58. The lowest BCUT2D eigenvalue weighted by atomic mass is 9.86. The van der Waals surface area contributed by atoms with E-state index in [2.05, 4.69) is 36.6 Å². The molecule has 1 heterocycles. The highest BCUT2D eigenvalue weighted by atomic mass is 79.9. The smallest absolute Gasteiger partial charge is 0.335 e. The number of hydrogen-bond acceptors (Lipinski definition) is 3. The summed E-state index contributed by atoms with van der Waals surface area (Å²) in [6, 6.07) is 0. The Kier molecular flexibility index (Phi) is 2.11. The molecular weight excluding hydrogens is 304 g/mol. The minimum Gasteiger partial charge on any atom is -0.392 e. The monoisotopic (exact) mass is 308 g/mol. The van der Waals surface area contributed by atoms with Gasteiger partial charge >= 0.3 is 11.9 Å². The summed E-state index contributed by atoms with van der Waals surface area (Å²) in [4.78, 5) is 22.6. The first-order valence-corrected chi connectivity index (χ1v) is 5.53. The van der Waals surface area contributed by atoms with Crippen molar-refractivity contribution < 1.29 is 14.3 Å². The number of esters is 2. The van der Waals surface area contributed by atoms with Gasteiger partial charge in [0.15, 0.2) is 4.32 Å². The van der Waals surface area contributed by atoms with E-state index in [9.17, 15) is 9.59 Å². The van der Waals surface area contributed by atoms with Crippen LogP contribution in [0.2, 0.25) is 0 Å². The topological polar surface area (TPSA) is 43.4 Å². The maximum Gasteiger partial charge on any atom is 0.335 e. The van der Waals surface area contributed by atoms with Gasteiger partial charge in [-0.1, -0.05) is 44.0 Å². The average molecular weight is 310 g/mol. The van der Waals surface area contributed by atoms with E-state index in [1.807, 2.05) is 6.08 Å². The van der Waals surface area contributed by atoms with E-state index < -0.39 is 22.2 Å². The fraction of sp³-hybridized carbons (Fsp3) is 0.500. The molecule has 0 radical (unpaired) electrons. The summed E-state index contributed by atoms with van der Waals surface area (Å²) < 4.78 is 3.64. The Balaban J connectivity index is 2.47. The molecule has 3 atom stereocenters. The van der Waals surface area contributed by atoms with Gasteiger partial charge in [0.05, 0.1) is 5.92 Å². The lowest BCUT2D eigenvalue weighted by Gasteiger charge is -2.26. The first-order valence-electron chi connectivity index (χ1n) is 3.82. The van der Waals surface area contributed by atoms with Crippen LogP contribution in [-0.4, -0.2) is 21.1 Å². The lowest BCUT2D eigenvalue weighted by molar-refractivity contribution is -0.153. The Morgan fingerprint density at radius 3 is 2.85 bits per heavy atom. The van der Waals surface area contributed by atoms with Crippen molar-refractivity contribution in [2.24, 2.45) is 5.92 Å². The first kappa shape index (κ1) is 9.40. The summed E-state index contributed by atoms with van der Waals surface area (Å²) in [6.45, 7) is 0. The third-order valence-corrected chi connectivity index (χ3v) is 4.28. The third-order valence-electron chi connectivity index (χ3n) is 2.30. The molecule has 1 aliphatic carbocycles. The quantitative estimate of drug-likeness (QED) is 0.295. The van der Waals surface area contributed by atoms with Gasteiger partial charge in [0.2, 0.25) is 0 Å².